The van der Waals surface area contributed by atoms with Crippen LogP contribution in [-0.4, -0.2) is 35.9 Å². The molecule has 1 aliphatic rings. The molecule has 0 bridgehead atoms. The molecule has 2 rings (SSSR count). The highest BCUT2D eigenvalue weighted by Gasteiger charge is 2.46. The average molecular weight is 290 g/mol. The molecule has 1 heterocycles. The predicted molar refractivity (Wildman–Crippen MR) is 75.6 cm³/mol. The summed E-state index contributed by atoms with van der Waals surface area (Å²) in [4.78, 5) is 36.5. The van der Waals surface area contributed by atoms with E-state index in [0.717, 1.165) is 10.6 Å². The fraction of sp³-hybridized carbons (Fsp3) is 0.400. The van der Waals surface area contributed by atoms with Crippen molar-refractivity contribution in [3.05, 3.63) is 30.3 Å². The molecule has 6 nitrogen and oxygen atoms in total. The van der Waals surface area contributed by atoms with Gasteiger partial charge in [0.25, 0.3) is 0 Å². The summed E-state index contributed by atoms with van der Waals surface area (Å²) in [6.07, 6.45) is 0.498. The number of imide groups is 2. The number of ether oxygens (including phenoxy) is 1. The van der Waals surface area contributed by atoms with E-state index in [1.807, 2.05) is 30.3 Å². The van der Waals surface area contributed by atoms with E-state index in [2.05, 4.69) is 5.32 Å². The molecule has 1 N–H and O–H groups in total. The van der Waals surface area contributed by atoms with Crippen LogP contribution in [0, 0.1) is 5.41 Å². The zero-order valence-corrected chi connectivity index (χ0v) is 12.1. The normalized spacial score (nSPS) is 17.6. The number of rotatable bonds is 5. The van der Waals surface area contributed by atoms with Gasteiger partial charge in [0, 0.05) is 6.54 Å². The van der Waals surface area contributed by atoms with Crippen LogP contribution in [0.25, 0.3) is 0 Å². The van der Waals surface area contributed by atoms with Crippen LogP contribution in [0.5, 0.6) is 5.75 Å². The molecular formula is C15H18N2O4. The van der Waals surface area contributed by atoms with E-state index < -0.39 is 23.3 Å². The summed E-state index contributed by atoms with van der Waals surface area (Å²) in [6.45, 7) is 3.61. The number of para-hydroxylation sites is 1. The Morgan fingerprint density at radius 3 is 2.48 bits per heavy atom. The van der Waals surface area contributed by atoms with Crippen molar-refractivity contribution in [2.45, 2.75) is 20.3 Å². The Morgan fingerprint density at radius 1 is 1.14 bits per heavy atom. The number of hydrogen-bond acceptors (Lipinski definition) is 4. The van der Waals surface area contributed by atoms with E-state index in [0.29, 0.717) is 13.0 Å². The van der Waals surface area contributed by atoms with Gasteiger partial charge in [0.15, 0.2) is 0 Å². The SMILES string of the molecule is CC1(C)C(=O)NC(=O)N(CCCOc2ccccc2)C1=O. The Balaban J connectivity index is 1.86. The molecule has 0 radical (unpaired) electrons. The fourth-order valence-corrected chi connectivity index (χ4v) is 1.98. The van der Waals surface area contributed by atoms with E-state index in [1.165, 1.54) is 13.8 Å². The number of benzene rings is 1. The van der Waals surface area contributed by atoms with Crippen molar-refractivity contribution in [1.29, 1.82) is 0 Å². The molecule has 0 saturated carbocycles. The largest absolute Gasteiger partial charge is 0.494 e. The smallest absolute Gasteiger partial charge is 0.330 e. The third-order valence-electron chi connectivity index (χ3n) is 3.35. The molecule has 21 heavy (non-hydrogen) atoms. The van der Waals surface area contributed by atoms with Crippen molar-refractivity contribution in [1.82, 2.24) is 10.2 Å². The summed E-state index contributed by atoms with van der Waals surface area (Å²) in [6, 6.07) is 8.63. The van der Waals surface area contributed by atoms with Gasteiger partial charge in [0.2, 0.25) is 11.8 Å². The minimum atomic E-state index is -1.21. The van der Waals surface area contributed by atoms with Crippen LogP contribution in [0.2, 0.25) is 0 Å². The zero-order chi connectivity index (χ0) is 15.5. The van der Waals surface area contributed by atoms with Crippen LogP contribution in [0.1, 0.15) is 20.3 Å². The minimum absolute atomic E-state index is 0.216. The lowest BCUT2D eigenvalue weighted by Crippen LogP contribution is -2.62. The second-order valence-corrected chi connectivity index (χ2v) is 5.36. The van der Waals surface area contributed by atoms with Crippen LogP contribution in [0.3, 0.4) is 0 Å². The second kappa shape index (κ2) is 5.95. The highest BCUT2D eigenvalue weighted by molar-refractivity contribution is 6.18. The van der Waals surface area contributed by atoms with E-state index in [-0.39, 0.29) is 6.54 Å². The molecule has 1 aliphatic heterocycles. The number of urea groups is 1. The topological polar surface area (TPSA) is 75.7 Å². The van der Waals surface area contributed by atoms with Crippen molar-refractivity contribution < 1.29 is 19.1 Å². The number of nitrogens with zero attached hydrogens (tertiary/aromatic N) is 1. The minimum Gasteiger partial charge on any atom is -0.494 e. The number of carbonyl (C=O) groups is 3. The van der Waals surface area contributed by atoms with Gasteiger partial charge in [-0.2, -0.15) is 0 Å². The monoisotopic (exact) mass is 290 g/mol. The highest BCUT2D eigenvalue weighted by atomic mass is 16.5. The molecule has 0 atom stereocenters. The van der Waals surface area contributed by atoms with Gasteiger partial charge < -0.3 is 4.74 Å². The molecule has 1 aromatic carbocycles. The Hall–Kier alpha value is -2.37. The average Bonchev–Trinajstić information content (AvgIpc) is 2.46. The summed E-state index contributed by atoms with van der Waals surface area (Å²) in [5.41, 5.74) is -1.21. The molecule has 0 aliphatic carbocycles. The van der Waals surface area contributed by atoms with Crippen LogP contribution >= 0.6 is 0 Å². The Kier molecular flexibility index (Phi) is 4.26. The van der Waals surface area contributed by atoms with E-state index >= 15 is 0 Å². The summed E-state index contributed by atoms with van der Waals surface area (Å²) in [5.74, 6) is -0.298. The lowest BCUT2D eigenvalue weighted by atomic mass is 9.89. The third-order valence-corrected chi connectivity index (χ3v) is 3.35. The third kappa shape index (κ3) is 3.21. The molecule has 0 aromatic heterocycles. The van der Waals surface area contributed by atoms with Gasteiger partial charge in [0.1, 0.15) is 11.2 Å². The first-order chi connectivity index (χ1) is 9.93. The lowest BCUT2D eigenvalue weighted by molar-refractivity contribution is -0.149. The fourth-order valence-electron chi connectivity index (χ4n) is 1.98. The molecular weight excluding hydrogens is 272 g/mol. The molecule has 1 fully saturated rings. The number of barbiturate groups is 1. The maximum Gasteiger partial charge on any atom is 0.330 e. The standard InChI is InChI=1S/C15H18N2O4/c1-15(2)12(18)16-14(20)17(13(15)19)9-6-10-21-11-7-4-3-5-8-11/h3-5,7-8H,6,9-10H2,1-2H3,(H,16,18,20). The van der Waals surface area contributed by atoms with Gasteiger partial charge in [-0.15, -0.1) is 0 Å². The highest BCUT2D eigenvalue weighted by Crippen LogP contribution is 2.23. The molecule has 4 amide bonds. The van der Waals surface area contributed by atoms with E-state index in [9.17, 15) is 14.4 Å². The maximum atomic E-state index is 12.1. The number of amides is 4. The molecule has 1 saturated heterocycles. The van der Waals surface area contributed by atoms with E-state index in [4.69, 9.17) is 4.74 Å². The Labute approximate surface area is 123 Å². The van der Waals surface area contributed by atoms with Crippen LogP contribution in [-0.2, 0) is 9.59 Å². The molecule has 112 valence electrons. The van der Waals surface area contributed by atoms with Gasteiger partial charge in [-0.05, 0) is 32.4 Å². The summed E-state index contributed by atoms with van der Waals surface area (Å²) in [5, 5.41) is 2.20. The van der Waals surface area contributed by atoms with Crippen LogP contribution < -0.4 is 10.1 Å². The summed E-state index contributed by atoms with van der Waals surface area (Å²) in [7, 11) is 0. The summed E-state index contributed by atoms with van der Waals surface area (Å²) < 4.78 is 5.50. The van der Waals surface area contributed by atoms with Crippen molar-refractivity contribution in [2.24, 2.45) is 5.41 Å². The van der Waals surface area contributed by atoms with Gasteiger partial charge in [-0.3, -0.25) is 19.8 Å². The predicted octanol–water partition coefficient (Wildman–Crippen LogP) is 1.56. The van der Waals surface area contributed by atoms with Crippen LogP contribution in [0.15, 0.2) is 30.3 Å². The number of nitrogens with one attached hydrogen (secondary N) is 1. The van der Waals surface area contributed by atoms with Crippen molar-refractivity contribution in [2.75, 3.05) is 13.2 Å². The Morgan fingerprint density at radius 2 is 1.81 bits per heavy atom. The van der Waals surface area contributed by atoms with Gasteiger partial charge >= 0.3 is 6.03 Å². The molecule has 1 aromatic rings. The number of hydrogen-bond donors (Lipinski definition) is 1. The Bertz CT molecular complexity index is 554. The van der Waals surface area contributed by atoms with Crippen LogP contribution in [0.4, 0.5) is 4.79 Å². The quantitative estimate of drug-likeness (QED) is 0.659. The van der Waals surface area contributed by atoms with Crippen molar-refractivity contribution in [3.63, 3.8) is 0 Å². The summed E-state index contributed by atoms with van der Waals surface area (Å²) >= 11 is 0. The number of carbonyl (C=O) groups excluding carboxylic acids is 3. The second-order valence-electron chi connectivity index (χ2n) is 5.36. The first kappa shape index (κ1) is 15.0. The van der Waals surface area contributed by atoms with Crippen molar-refractivity contribution in [3.8, 4) is 5.75 Å². The van der Waals surface area contributed by atoms with E-state index in [1.54, 1.807) is 0 Å². The first-order valence-electron chi connectivity index (χ1n) is 6.78. The lowest BCUT2D eigenvalue weighted by Gasteiger charge is -2.34. The molecule has 0 unspecified atom stereocenters. The molecule has 0 spiro atoms. The zero-order valence-electron chi connectivity index (χ0n) is 12.1. The van der Waals surface area contributed by atoms with Gasteiger partial charge in [-0.25, -0.2) is 4.79 Å². The molecule has 6 heteroatoms. The first-order valence-corrected chi connectivity index (χ1v) is 6.78. The van der Waals surface area contributed by atoms with Gasteiger partial charge in [-0.1, -0.05) is 18.2 Å². The van der Waals surface area contributed by atoms with Gasteiger partial charge in [0.05, 0.1) is 6.61 Å². The maximum absolute atomic E-state index is 12.1. The van der Waals surface area contributed by atoms with Crippen molar-refractivity contribution >= 4 is 17.8 Å².